The number of carbonyl (C=O) groups is 2. The van der Waals surface area contributed by atoms with E-state index >= 15 is 0 Å². The van der Waals surface area contributed by atoms with Gasteiger partial charge in [0.25, 0.3) is 0 Å². The van der Waals surface area contributed by atoms with Crippen LogP contribution < -0.4 is 0 Å². The van der Waals surface area contributed by atoms with Crippen molar-refractivity contribution in [3.8, 4) is 10.6 Å². The minimum absolute atomic E-state index is 0.00838. The molecule has 1 aliphatic carbocycles. The Bertz CT molecular complexity index is 944. The molecule has 1 saturated carbocycles. The fourth-order valence-corrected chi connectivity index (χ4v) is 6.45. The van der Waals surface area contributed by atoms with Crippen LogP contribution in [-0.2, 0) is 20.7 Å². The molecule has 3 fully saturated rings. The van der Waals surface area contributed by atoms with Gasteiger partial charge in [-0.2, -0.15) is 0 Å². The van der Waals surface area contributed by atoms with Gasteiger partial charge in [-0.1, -0.05) is 30.1 Å². The maximum absolute atomic E-state index is 13.1. The minimum atomic E-state index is -0.752. The molecule has 5 rings (SSSR count). The summed E-state index contributed by atoms with van der Waals surface area (Å²) in [4.78, 5) is 32.0. The van der Waals surface area contributed by atoms with Crippen LogP contribution in [0.25, 0.3) is 10.6 Å². The summed E-state index contributed by atoms with van der Waals surface area (Å²) in [7, 11) is 0. The third kappa shape index (κ3) is 2.55. The van der Waals surface area contributed by atoms with Gasteiger partial charge in [-0.05, 0) is 37.5 Å². The molecule has 0 amide bonds. The Morgan fingerprint density at radius 3 is 2.41 bits per heavy atom. The largest absolute Gasteiger partial charge is 0.373 e. The summed E-state index contributed by atoms with van der Waals surface area (Å²) < 4.78 is 5.83. The van der Waals surface area contributed by atoms with Gasteiger partial charge in [0.1, 0.15) is 10.9 Å². The SMILES string of the molecule is CCc1sc(-c2ccc(Cl)cc2Cl)nc1C1C(=O)[C@@H]2[C@H](C1=O)[C@H]1CC[C@@H]2O1. The first-order valence-electron chi connectivity index (χ1n) is 9.17. The van der Waals surface area contributed by atoms with Crippen LogP contribution in [0, 0.1) is 11.8 Å². The quantitative estimate of drug-likeness (QED) is 0.673. The highest BCUT2D eigenvalue weighted by Gasteiger charge is 2.63. The van der Waals surface area contributed by atoms with Crippen molar-refractivity contribution < 1.29 is 14.3 Å². The van der Waals surface area contributed by atoms with E-state index in [9.17, 15) is 9.59 Å². The molecule has 0 radical (unpaired) electrons. The second kappa shape index (κ2) is 6.38. The fraction of sp³-hybridized carbons (Fsp3) is 0.450. The van der Waals surface area contributed by atoms with Gasteiger partial charge in [0.2, 0.25) is 0 Å². The first-order chi connectivity index (χ1) is 13.0. The number of nitrogens with zero attached hydrogens (tertiary/aromatic N) is 1. The van der Waals surface area contributed by atoms with Gasteiger partial charge >= 0.3 is 0 Å². The number of rotatable bonds is 3. The first-order valence-corrected chi connectivity index (χ1v) is 10.7. The molecule has 2 bridgehead atoms. The van der Waals surface area contributed by atoms with Crippen molar-refractivity contribution in [2.75, 3.05) is 0 Å². The monoisotopic (exact) mass is 421 g/mol. The van der Waals surface area contributed by atoms with Gasteiger partial charge in [0.05, 0.1) is 34.8 Å². The number of Topliss-reactive ketones (excluding diaryl/α,β-unsaturated/α-hetero) is 2. The number of hydrogen-bond acceptors (Lipinski definition) is 5. The highest BCUT2D eigenvalue weighted by Crippen LogP contribution is 2.53. The van der Waals surface area contributed by atoms with Crippen LogP contribution in [0.4, 0.5) is 0 Å². The van der Waals surface area contributed by atoms with E-state index in [0.29, 0.717) is 22.2 Å². The molecule has 2 aromatic rings. The fourth-order valence-electron chi connectivity index (χ4n) is 4.82. The molecule has 0 spiro atoms. The number of ether oxygens (including phenoxy) is 1. The lowest BCUT2D eigenvalue weighted by Crippen LogP contribution is -2.29. The average molecular weight is 422 g/mol. The summed E-state index contributed by atoms with van der Waals surface area (Å²) in [5, 5.41) is 1.79. The Kier molecular flexibility index (Phi) is 4.20. The third-order valence-electron chi connectivity index (χ3n) is 5.98. The van der Waals surface area contributed by atoms with E-state index in [4.69, 9.17) is 32.9 Å². The van der Waals surface area contributed by atoms with Crippen LogP contribution in [0.3, 0.4) is 0 Å². The molecular weight excluding hydrogens is 405 g/mol. The van der Waals surface area contributed by atoms with Crippen LogP contribution in [0.5, 0.6) is 0 Å². The second-order valence-corrected chi connectivity index (χ2v) is 9.31. The number of thiazole rings is 1. The molecule has 3 heterocycles. The average Bonchev–Trinajstić information content (AvgIpc) is 3.38. The van der Waals surface area contributed by atoms with Crippen molar-refractivity contribution in [1.29, 1.82) is 0 Å². The zero-order valence-electron chi connectivity index (χ0n) is 14.6. The van der Waals surface area contributed by atoms with Crippen molar-refractivity contribution in [1.82, 2.24) is 4.98 Å². The number of carbonyl (C=O) groups excluding carboxylic acids is 2. The highest BCUT2D eigenvalue weighted by molar-refractivity contribution is 7.15. The summed E-state index contributed by atoms with van der Waals surface area (Å²) in [6, 6.07) is 5.27. The molecule has 27 heavy (non-hydrogen) atoms. The molecule has 2 saturated heterocycles. The van der Waals surface area contributed by atoms with Gasteiger partial charge in [0, 0.05) is 15.5 Å². The van der Waals surface area contributed by atoms with E-state index in [1.165, 1.54) is 11.3 Å². The Morgan fingerprint density at radius 1 is 1.15 bits per heavy atom. The molecule has 2 aliphatic heterocycles. The highest BCUT2D eigenvalue weighted by atomic mass is 35.5. The Balaban J connectivity index is 1.57. The summed E-state index contributed by atoms with van der Waals surface area (Å²) in [6.07, 6.45) is 2.29. The van der Waals surface area contributed by atoms with E-state index in [0.717, 1.165) is 28.3 Å². The van der Waals surface area contributed by atoms with Gasteiger partial charge in [-0.15, -0.1) is 11.3 Å². The Hall–Kier alpha value is -1.27. The third-order valence-corrected chi connectivity index (χ3v) is 7.78. The van der Waals surface area contributed by atoms with Crippen LogP contribution in [0.1, 0.15) is 36.3 Å². The van der Waals surface area contributed by atoms with Crippen molar-refractivity contribution in [3.63, 3.8) is 0 Å². The lowest BCUT2D eigenvalue weighted by Gasteiger charge is -2.16. The van der Waals surface area contributed by atoms with Crippen LogP contribution in [0.2, 0.25) is 10.0 Å². The van der Waals surface area contributed by atoms with Gasteiger partial charge < -0.3 is 4.74 Å². The maximum Gasteiger partial charge on any atom is 0.155 e. The summed E-state index contributed by atoms with van der Waals surface area (Å²) in [5.41, 5.74) is 1.39. The molecule has 4 nitrogen and oxygen atoms in total. The second-order valence-electron chi connectivity index (χ2n) is 7.38. The van der Waals surface area contributed by atoms with E-state index < -0.39 is 5.92 Å². The lowest BCUT2D eigenvalue weighted by molar-refractivity contribution is -0.127. The summed E-state index contributed by atoms with van der Waals surface area (Å²) in [5.74, 6) is -1.33. The molecule has 3 aliphatic rings. The molecule has 0 N–H and O–H groups in total. The molecule has 1 aromatic carbocycles. The van der Waals surface area contributed by atoms with Gasteiger partial charge in [-0.25, -0.2) is 4.98 Å². The number of benzene rings is 1. The zero-order valence-corrected chi connectivity index (χ0v) is 16.9. The van der Waals surface area contributed by atoms with E-state index in [1.807, 2.05) is 13.0 Å². The normalized spacial score (nSPS) is 31.7. The number of fused-ring (bicyclic) bond motifs is 5. The Labute approximate surface area is 170 Å². The van der Waals surface area contributed by atoms with E-state index in [-0.39, 0.29) is 35.6 Å². The molecule has 5 atom stereocenters. The summed E-state index contributed by atoms with van der Waals surface area (Å²) >= 11 is 13.8. The molecule has 140 valence electrons. The smallest absolute Gasteiger partial charge is 0.155 e. The molecule has 1 unspecified atom stereocenters. The predicted octanol–water partition coefficient (Wildman–Crippen LogP) is 4.71. The lowest BCUT2D eigenvalue weighted by atomic mass is 9.81. The van der Waals surface area contributed by atoms with Crippen molar-refractivity contribution in [2.24, 2.45) is 11.8 Å². The number of halogens is 2. The number of aryl methyl sites for hydroxylation is 1. The topological polar surface area (TPSA) is 56.3 Å². The predicted molar refractivity (Wildman–Crippen MR) is 105 cm³/mol. The van der Waals surface area contributed by atoms with Crippen molar-refractivity contribution >= 4 is 46.1 Å². The molecular formula is C20H17Cl2NO3S. The van der Waals surface area contributed by atoms with Crippen molar-refractivity contribution in [3.05, 3.63) is 38.8 Å². The number of ketones is 2. The van der Waals surface area contributed by atoms with Crippen LogP contribution in [-0.4, -0.2) is 28.8 Å². The maximum atomic E-state index is 13.1. The van der Waals surface area contributed by atoms with E-state index in [2.05, 4.69) is 0 Å². The standard InChI is InChI=1S/C20H17Cl2NO3S/c1-2-13-17(23-20(27-13)9-4-3-8(21)7-10(9)22)16-18(24)14-11-5-6-12(26-11)15(14)19(16)25/h3-4,7,11-12,14-16H,2,5-6H2,1H3/t11-,12+,14-,15+,16?. The van der Waals surface area contributed by atoms with Crippen LogP contribution in [0.15, 0.2) is 18.2 Å². The van der Waals surface area contributed by atoms with Gasteiger partial charge in [0.15, 0.2) is 11.6 Å². The Morgan fingerprint density at radius 2 is 1.81 bits per heavy atom. The minimum Gasteiger partial charge on any atom is -0.373 e. The molecule has 7 heteroatoms. The number of aromatic nitrogens is 1. The van der Waals surface area contributed by atoms with Crippen LogP contribution >= 0.6 is 34.5 Å². The zero-order chi connectivity index (χ0) is 18.9. The first kappa shape index (κ1) is 17.8. The summed E-state index contributed by atoms with van der Waals surface area (Å²) in [6.45, 7) is 2.02. The van der Waals surface area contributed by atoms with Gasteiger partial charge in [-0.3, -0.25) is 9.59 Å². The van der Waals surface area contributed by atoms with E-state index in [1.54, 1.807) is 12.1 Å². The van der Waals surface area contributed by atoms with Crippen molar-refractivity contribution in [2.45, 2.75) is 44.3 Å². The number of hydrogen-bond donors (Lipinski definition) is 0. The molecule has 1 aromatic heterocycles.